The number of unbranched alkanes of at least 4 members (excludes halogenated alkanes) is 1. The summed E-state index contributed by atoms with van der Waals surface area (Å²) >= 11 is 0. The number of imide groups is 1. The second kappa shape index (κ2) is 10.7. The van der Waals surface area contributed by atoms with Crippen LogP contribution in [-0.4, -0.2) is 75.1 Å². The molecule has 2 heterocycles. The minimum Gasteiger partial charge on any atom is -0.497 e. The van der Waals surface area contributed by atoms with E-state index in [1.165, 1.54) is 4.90 Å². The summed E-state index contributed by atoms with van der Waals surface area (Å²) in [6.45, 7) is 5.45. The van der Waals surface area contributed by atoms with Crippen molar-refractivity contribution in [1.29, 1.82) is 0 Å². The molecule has 2 aromatic carbocycles. The molecule has 1 fully saturated rings. The highest BCUT2D eigenvalue weighted by Gasteiger charge is 2.34. The zero-order chi connectivity index (χ0) is 23.2. The van der Waals surface area contributed by atoms with Gasteiger partial charge in [-0.3, -0.25) is 14.5 Å². The van der Waals surface area contributed by atoms with E-state index in [9.17, 15) is 9.59 Å². The summed E-state index contributed by atoms with van der Waals surface area (Å²) in [4.78, 5) is 31.3. The van der Waals surface area contributed by atoms with E-state index in [-0.39, 0.29) is 11.8 Å². The molecule has 2 aromatic rings. The van der Waals surface area contributed by atoms with E-state index < -0.39 is 0 Å². The Balaban J connectivity index is 1.27. The van der Waals surface area contributed by atoms with Gasteiger partial charge in [-0.05, 0) is 63.0 Å². The van der Waals surface area contributed by atoms with Crippen molar-refractivity contribution in [1.82, 2.24) is 9.80 Å². The van der Waals surface area contributed by atoms with Gasteiger partial charge in [0.1, 0.15) is 11.5 Å². The van der Waals surface area contributed by atoms with Crippen molar-refractivity contribution in [2.45, 2.75) is 25.7 Å². The second-order valence-corrected chi connectivity index (χ2v) is 8.59. The summed E-state index contributed by atoms with van der Waals surface area (Å²) < 4.78 is 10.9. The second-order valence-electron chi connectivity index (χ2n) is 8.59. The number of hydrogen-bond acceptors (Lipinski definition) is 6. The lowest BCUT2D eigenvalue weighted by Gasteiger charge is -2.33. The van der Waals surface area contributed by atoms with Crippen LogP contribution in [0.4, 0.5) is 5.69 Å². The molecule has 0 atom stereocenters. The molecule has 7 nitrogen and oxygen atoms in total. The van der Waals surface area contributed by atoms with Crippen LogP contribution in [0.2, 0.25) is 0 Å². The maximum atomic E-state index is 12.5. The van der Waals surface area contributed by atoms with Crippen molar-refractivity contribution >= 4 is 17.5 Å². The average molecular weight is 452 g/mol. The number of benzene rings is 2. The number of methoxy groups -OCH3 is 2. The van der Waals surface area contributed by atoms with Gasteiger partial charge in [0, 0.05) is 32.2 Å². The fourth-order valence-electron chi connectivity index (χ4n) is 4.68. The number of amides is 2. The van der Waals surface area contributed by atoms with Crippen LogP contribution >= 0.6 is 0 Å². The monoisotopic (exact) mass is 451 g/mol. The predicted molar refractivity (Wildman–Crippen MR) is 128 cm³/mol. The Kier molecular flexibility index (Phi) is 7.50. The Hall–Kier alpha value is -3.06. The molecule has 0 saturated carbocycles. The van der Waals surface area contributed by atoms with Gasteiger partial charge < -0.3 is 19.3 Å². The number of carbonyl (C=O) groups is 2. The molecule has 2 aliphatic rings. The quantitative estimate of drug-likeness (QED) is 0.451. The third-order valence-electron chi connectivity index (χ3n) is 6.55. The topological polar surface area (TPSA) is 62.3 Å². The molecule has 1 saturated heterocycles. The average Bonchev–Trinajstić information content (AvgIpc) is 3.07. The van der Waals surface area contributed by atoms with E-state index in [2.05, 4.69) is 15.9 Å². The Morgan fingerprint density at radius 1 is 0.788 bits per heavy atom. The van der Waals surface area contributed by atoms with Gasteiger partial charge >= 0.3 is 0 Å². The molecule has 176 valence electrons. The predicted octanol–water partition coefficient (Wildman–Crippen LogP) is 3.68. The molecule has 7 heteroatoms. The van der Waals surface area contributed by atoms with E-state index >= 15 is 0 Å². The summed E-state index contributed by atoms with van der Waals surface area (Å²) in [5.41, 5.74) is 2.16. The Bertz CT molecular complexity index is 958. The van der Waals surface area contributed by atoms with Crippen LogP contribution in [0.5, 0.6) is 11.5 Å². The molecule has 0 radical (unpaired) electrons. The first-order valence-electron chi connectivity index (χ1n) is 11.8. The van der Waals surface area contributed by atoms with Crippen molar-refractivity contribution in [3.63, 3.8) is 0 Å². The largest absolute Gasteiger partial charge is 0.497 e. The number of ether oxygens (including phenoxy) is 2. The van der Waals surface area contributed by atoms with Crippen molar-refractivity contribution in [3.8, 4) is 11.5 Å². The fourth-order valence-corrected chi connectivity index (χ4v) is 4.68. The molecule has 0 unspecified atom stereocenters. The molecule has 4 rings (SSSR count). The van der Waals surface area contributed by atoms with Gasteiger partial charge in [0.15, 0.2) is 0 Å². The van der Waals surface area contributed by atoms with Crippen molar-refractivity contribution in [2.24, 2.45) is 0 Å². The highest BCUT2D eigenvalue weighted by Crippen LogP contribution is 2.32. The summed E-state index contributed by atoms with van der Waals surface area (Å²) in [5.74, 6) is 1.31. The molecular weight excluding hydrogens is 418 g/mol. The molecule has 0 aromatic heterocycles. The summed E-state index contributed by atoms with van der Waals surface area (Å²) in [5, 5.41) is 0. The van der Waals surface area contributed by atoms with Crippen molar-refractivity contribution in [2.75, 3.05) is 58.4 Å². The van der Waals surface area contributed by atoms with Gasteiger partial charge in [-0.25, -0.2) is 0 Å². The van der Waals surface area contributed by atoms with Crippen LogP contribution in [0.3, 0.4) is 0 Å². The Labute approximate surface area is 195 Å². The number of carbonyl (C=O) groups excluding carboxylic acids is 2. The number of anilines is 1. The van der Waals surface area contributed by atoms with Crippen LogP contribution in [0.25, 0.3) is 0 Å². The highest BCUT2D eigenvalue weighted by atomic mass is 16.5. The van der Waals surface area contributed by atoms with E-state index in [4.69, 9.17) is 9.47 Å². The van der Waals surface area contributed by atoms with Gasteiger partial charge in [0.25, 0.3) is 11.8 Å². The zero-order valence-corrected chi connectivity index (χ0v) is 19.6. The minimum atomic E-state index is -0.161. The van der Waals surface area contributed by atoms with E-state index in [1.807, 2.05) is 12.1 Å². The normalized spacial score (nSPS) is 17.0. The first-order chi connectivity index (χ1) is 16.1. The SMILES string of the molecule is COc1ccc(N2CCCCN(CCCCN3C(=O)c4ccccc4C3=O)CC2)c(OC)c1. The first kappa shape index (κ1) is 23.1. The standard InChI is InChI=1S/C26H33N3O4/c1-32-20-11-12-23(24(19-20)33-2)28-15-7-5-13-27(17-18-28)14-6-8-16-29-25(30)21-9-3-4-10-22(21)26(29)31/h3-4,9-12,19H,5-8,13-18H2,1-2H3. The Morgan fingerprint density at radius 2 is 1.48 bits per heavy atom. The lowest BCUT2D eigenvalue weighted by atomic mass is 10.1. The molecule has 2 amide bonds. The minimum absolute atomic E-state index is 0.161. The number of fused-ring (bicyclic) bond motifs is 1. The fraction of sp³-hybridized carbons (Fsp3) is 0.462. The molecule has 0 aliphatic carbocycles. The van der Waals surface area contributed by atoms with Gasteiger partial charge in [-0.1, -0.05) is 12.1 Å². The number of hydrogen-bond donors (Lipinski definition) is 0. The summed E-state index contributed by atoms with van der Waals surface area (Å²) in [6.07, 6.45) is 4.05. The molecule has 33 heavy (non-hydrogen) atoms. The van der Waals surface area contributed by atoms with Gasteiger partial charge in [-0.15, -0.1) is 0 Å². The smallest absolute Gasteiger partial charge is 0.261 e. The van der Waals surface area contributed by atoms with Crippen molar-refractivity contribution in [3.05, 3.63) is 53.6 Å². The maximum Gasteiger partial charge on any atom is 0.261 e. The third-order valence-corrected chi connectivity index (χ3v) is 6.55. The lowest BCUT2D eigenvalue weighted by Crippen LogP contribution is -2.39. The van der Waals surface area contributed by atoms with E-state index in [0.29, 0.717) is 17.7 Å². The number of nitrogens with zero attached hydrogens (tertiary/aromatic N) is 3. The van der Waals surface area contributed by atoms with Crippen molar-refractivity contribution < 1.29 is 19.1 Å². The lowest BCUT2D eigenvalue weighted by molar-refractivity contribution is 0.0650. The number of rotatable bonds is 8. The van der Waals surface area contributed by atoms with Crippen LogP contribution in [0, 0.1) is 0 Å². The van der Waals surface area contributed by atoms with Crippen LogP contribution in [0.15, 0.2) is 42.5 Å². The van der Waals surface area contributed by atoms with Gasteiger partial charge in [0.05, 0.1) is 31.0 Å². The summed E-state index contributed by atoms with van der Waals surface area (Å²) in [7, 11) is 3.36. The Morgan fingerprint density at radius 3 is 2.18 bits per heavy atom. The molecule has 0 N–H and O–H groups in total. The molecule has 2 aliphatic heterocycles. The highest BCUT2D eigenvalue weighted by molar-refractivity contribution is 6.21. The van der Waals surface area contributed by atoms with Crippen LogP contribution < -0.4 is 14.4 Å². The first-order valence-corrected chi connectivity index (χ1v) is 11.8. The molecule has 0 bridgehead atoms. The van der Waals surface area contributed by atoms with E-state index in [1.54, 1.807) is 38.5 Å². The van der Waals surface area contributed by atoms with E-state index in [0.717, 1.165) is 75.6 Å². The maximum absolute atomic E-state index is 12.5. The summed E-state index contributed by atoms with van der Waals surface area (Å²) in [6, 6.07) is 13.1. The van der Waals surface area contributed by atoms with Crippen LogP contribution in [-0.2, 0) is 0 Å². The van der Waals surface area contributed by atoms with Crippen LogP contribution in [0.1, 0.15) is 46.4 Å². The molecular formula is C26H33N3O4. The molecule has 0 spiro atoms. The van der Waals surface area contributed by atoms with Gasteiger partial charge in [-0.2, -0.15) is 0 Å². The van der Waals surface area contributed by atoms with Gasteiger partial charge in [0.2, 0.25) is 0 Å². The third kappa shape index (κ3) is 5.14. The zero-order valence-electron chi connectivity index (χ0n) is 19.6.